The lowest BCUT2D eigenvalue weighted by Gasteiger charge is -2.25. The Morgan fingerprint density at radius 3 is 2.57 bits per heavy atom. The van der Waals surface area contributed by atoms with Crippen molar-refractivity contribution in [2.24, 2.45) is 10.4 Å². The van der Waals surface area contributed by atoms with Gasteiger partial charge in [-0.2, -0.15) is 0 Å². The summed E-state index contributed by atoms with van der Waals surface area (Å²) >= 11 is 0. The molecule has 4 atom stereocenters. The molecule has 0 aromatic rings. The second kappa shape index (κ2) is 6.09. The van der Waals surface area contributed by atoms with Crippen LogP contribution < -0.4 is 0 Å². The highest BCUT2D eigenvalue weighted by Gasteiger charge is 2.62. The van der Waals surface area contributed by atoms with Crippen molar-refractivity contribution in [2.75, 3.05) is 13.2 Å². The molecule has 0 aromatic carbocycles. The molecule has 2 rings (SSSR count). The van der Waals surface area contributed by atoms with Crippen molar-refractivity contribution < 1.29 is 33.6 Å². The molecule has 23 heavy (non-hydrogen) atoms. The molecule has 1 N–H and O–H groups in total. The Labute approximate surface area is 134 Å². The third-order valence-electron chi connectivity index (χ3n) is 3.63. The van der Waals surface area contributed by atoms with E-state index in [9.17, 15) is 14.7 Å². The van der Waals surface area contributed by atoms with Gasteiger partial charge < -0.3 is 24.1 Å². The number of nitrogens with zero attached hydrogens (tertiary/aromatic N) is 1. The van der Waals surface area contributed by atoms with Gasteiger partial charge >= 0.3 is 11.9 Å². The number of aliphatic hydroxyl groups excluding tert-OH is 1. The molecule has 0 bridgehead atoms. The summed E-state index contributed by atoms with van der Waals surface area (Å²) in [5.41, 5.74) is -0.661. The topological polar surface area (TPSA) is 104 Å². The van der Waals surface area contributed by atoms with E-state index in [4.69, 9.17) is 18.9 Å². The third-order valence-corrected chi connectivity index (χ3v) is 3.63. The van der Waals surface area contributed by atoms with Crippen molar-refractivity contribution in [2.45, 2.75) is 58.7 Å². The predicted molar refractivity (Wildman–Crippen MR) is 78.6 cm³/mol. The Morgan fingerprint density at radius 1 is 1.39 bits per heavy atom. The standard InChI is InChI=1S/C15H23NO7/c1-8-16-12-11(21-9(2)18)10(23-15(12,7-17)22-8)6-20-13(19)14(3,4)5/h10-12,17H,6-7H2,1-5H3/t10-,11-,12-,15+/m1/s1. The van der Waals surface area contributed by atoms with Gasteiger partial charge in [-0.15, -0.1) is 0 Å². The van der Waals surface area contributed by atoms with Crippen LogP contribution in [0.1, 0.15) is 34.6 Å². The normalized spacial score (nSPS) is 32.8. The van der Waals surface area contributed by atoms with E-state index < -0.39 is 48.0 Å². The zero-order valence-corrected chi connectivity index (χ0v) is 14.0. The Morgan fingerprint density at radius 2 is 2.04 bits per heavy atom. The van der Waals surface area contributed by atoms with Crippen LogP contribution in [0.2, 0.25) is 0 Å². The van der Waals surface area contributed by atoms with Crippen LogP contribution in [0.5, 0.6) is 0 Å². The second-order valence-corrected chi connectivity index (χ2v) is 6.74. The number of fused-ring (bicyclic) bond motifs is 1. The number of aliphatic hydroxyl groups is 1. The Balaban J connectivity index is 2.15. The summed E-state index contributed by atoms with van der Waals surface area (Å²) < 4.78 is 21.7. The van der Waals surface area contributed by atoms with Crippen LogP contribution in [0.25, 0.3) is 0 Å². The van der Waals surface area contributed by atoms with Crippen LogP contribution in [0.15, 0.2) is 4.99 Å². The van der Waals surface area contributed by atoms with Crippen molar-refractivity contribution in [3.8, 4) is 0 Å². The zero-order chi connectivity index (χ0) is 17.4. The molecule has 8 heteroatoms. The van der Waals surface area contributed by atoms with Crippen molar-refractivity contribution in [3.63, 3.8) is 0 Å². The summed E-state index contributed by atoms with van der Waals surface area (Å²) in [5, 5.41) is 9.65. The van der Waals surface area contributed by atoms with Crippen LogP contribution in [0, 0.1) is 5.41 Å². The van der Waals surface area contributed by atoms with Gasteiger partial charge in [-0.25, -0.2) is 4.99 Å². The molecule has 0 amide bonds. The van der Waals surface area contributed by atoms with Crippen LogP contribution in [0.4, 0.5) is 0 Å². The molecule has 1 fully saturated rings. The van der Waals surface area contributed by atoms with Crippen LogP contribution in [0.3, 0.4) is 0 Å². The molecule has 1 saturated heterocycles. The molecule has 0 radical (unpaired) electrons. The van der Waals surface area contributed by atoms with Gasteiger partial charge in [-0.05, 0) is 20.8 Å². The molecule has 0 aromatic heterocycles. The number of rotatable bonds is 4. The lowest BCUT2D eigenvalue weighted by molar-refractivity contribution is -0.209. The minimum atomic E-state index is -1.40. The molecule has 2 aliphatic rings. The third kappa shape index (κ3) is 3.48. The SMILES string of the molecule is CC(=O)O[C@H]1[C@H]2N=C(C)O[C@@]2(CO)O[C@@H]1COC(=O)C(C)(C)C. The Bertz CT molecular complexity index is 524. The molecule has 0 saturated carbocycles. The first-order valence-corrected chi connectivity index (χ1v) is 7.45. The number of esters is 2. The second-order valence-electron chi connectivity index (χ2n) is 6.74. The maximum atomic E-state index is 11.9. The fraction of sp³-hybridized carbons (Fsp3) is 0.800. The van der Waals surface area contributed by atoms with Crippen molar-refractivity contribution in [1.82, 2.24) is 0 Å². The summed E-state index contributed by atoms with van der Waals surface area (Å²) in [7, 11) is 0. The minimum Gasteiger partial charge on any atom is -0.462 e. The number of hydrogen-bond acceptors (Lipinski definition) is 8. The summed E-state index contributed by atoms with van der Waals surface area (Å²) in [4.78, 5) is 27.5. The highest BCUT2D eigenvalue weighted by atomic mass is 16.7. The molecule has 0 spiro atoms. The van der Waals surface area contributed by atoms with Crippen LogP contribution in [-0.2, 0) is 28.5 Å². The summed E-state index contributed by atoms with van der Waals surface area (Å²) in [6, 6.07) is -0.699. The maximum absolute atomic E-state index is 11.9. The van der Waals surface area contributed by atoms with Gasteiger partial charge in [-0.3, -0.25) is 9.59 Å². The summed E-state index contributed by atoms with van der Waals surface area (Å²) in [6.45, 7) is 7.51. The van der Waals surface area contributed by atoms with Gasteiger partial charge in [-0.1, -0.05) is 0 Å². The highest BCUT2D eigenvalue weighted by Crippen LogP contribution is 2.40. The molecule has 8 nitrogen and oxygen atoms in total. The average Bonchev–Trinajstić information content (AvgIpc) is 2.88. The van der Waals surface area contributed by atoms with Crippen LogP contribution in [-0.4, -0.2) is 60.2 Å². The van der Waals surface area contributed by atoms with E-state index in [-0.39, 0.29) is 6.61 Å². The first-order valence-electron chi connectivity index (χ1n) is 7.45. The Kier molecular flexibility index (Phi) is 4.68. The number of carbonyl (C=O) groups excluding carboxylic acids is 2. The molecular weight excluding hydrogens is 306 g/mol. The molecule has 0 unspecified atom stereocenters. The summed E-state index contributed by atoms with van der Waals surface area (Å²) in [5.74, 6) is -1.98. The van der Waals surface area contributed by atoms with Gasteiger partial charge in [0, 0.05) is 13.8 Å². The smallest absolute Gasteiger partial charge is 0.311 e. The highest BCUT2D eigenvalue weighted by molar-refractivity contribution is 5.76. The van der Waals surface area contributed by atoms with E-state index in [0.29, 0.717) is 5.90 Å². The van der Waals surface area contributed by atoms with E-state index in [1.807, 2.05) is 0 Å². The maximum Gasteiger partial charge on any atom is 0.311 e. The van der Waals surface area contributed by atoms with E-state index in [0.717, 1.165) is 0 Å². The van der Waals surface area contributed by atoms with Gasteiger partial charge in [0.1, 0.15) is 19.3 Å². The van der Waals surface area contributed by atoms with Gasteiger partial charge in [0.25, 0.3) is 5.79 Å². The fourth-order valence-corrected chi connectivity index (χ4v) is 2.57. The lowest BCUT2D eigenvalue weighted by atomic mass is 9.97. The Hall–Kier alpha value is -1.67. The largest absolute Gasteiger partial charge is 0.462 e. The van der Waals surface area contributed by atoms with Gasteiger partial charge in [0.2, 0.25) is 0 Å². The quantitative estimate of drug-likeness (QED) is 0.745. The van der Waals surface area contributed by atoms with Gasteiger partial charge in [0.05, 0.1) is 5.41 Å². The van der Waals surface area contributed by atoms with E-state index in [2.05, 4.69) is 4.99 Å². The van der Waals surface area contributed by atoms with Crippen molar-refractivity contribution >= 4 is 17.8 Å². The first kappa shape index (κ1) is 17.7. The molecule has 2 heterocycles. The van der Waals surface area contributed by atoms with E-state index in [1.54, 1.807) is 27.7 Å². The van der Waals surface area contributed by atoms with Crippen molar-refractivity contribution in [1.29, 1.82) is 0 Å². The average molecular weight is 329 g/mol. The number of aliphatic imine (C=N–C) groups is 1. The zero-order valence-electron chi connectivity index (χ0n) is 14.0. The molecule has 0 aliphatic carbocycles. The molecule has 130 valence electrons. The number of carbonyl (C=O) groups is 2. The molecular formula is C15H23NO7. The van der Waals surface area contributed by atoms with Gasteiger partial charge in [0.15, 0.2) is 18.0 Å². The number of ether oxygens (including phenoxy) is 4. The van der Waals surface area contributed by atoms with Crippen molar-refractivity contribution in [3.05, 3.63) is 0 Å². The van der Waals surface area contributed by atoms with E-state index >= 15 is 0 Å². The minimum absolute atomic E-state index is 0.121. The fourth-order valence-electron chi connectivity index (χ4n) is 2.57. The van der Waals surface area contributed by atoms with E-state index in [1.165, 1.54) is 6.92 Å². The van der Waals surface area contributed by atoms with Crippen LogP contribution >= 0.6 is 0 Å². The summed E-state index contributed by atoms with van der Waals surface area (Å²) in [6.07, 6.45) is -1.57. The monoisotopic (exact) mass is 329 g/mol. The predicted octanol–water partition coefficient (Wildman–Crippen LogP) is 0.412. The first-order chi connectivity index (χ1) is 10.6. The molecule has 2 aliphatic heterocycles. The lowest BCUT2D eigenvalue weighted by Crippen LogP contribution is -2.44. The number of hydrogen-bond donors (Lipinski definition) is 1.